The quantitative estimate of drug-likeness (QED) is 0.693. The van der Waals surface area contributed by atoms with Crippen LogP contribution in [0.2, 0.25) is 0 Å². The second kappa shape index (κ2) is 3.67. The van der Waals surface area contributed by atoms with Gasteiger partial charge in [0.2, 0.25) is 0 Å². The molecule has 0 radical (unpaired) electrons. The van der Waals surface area contributed by atoms with E-state index in [4.69, 9.17) is 4.74 Å². The predicted octanol–water partition coefficient (Wildman–Crippen LogP) is 2.08. The van der Waals surface area contributed by atoms with Crippen molar-refractivity contribution in [2.75, 3.05) is 0 Å². The molecule has 0 N–H and O–H groups in total. The smallest absolute Gasteiger partial charge is 0.308 e. The van der Waals surface area contributed by atoms with E-state index in [0.29, 0.717) is 5.75 Å². The molecule has 1 aromatic rings. The highest BCUT2D eigenvalue weighted by Crippen LogP contribution is 2.23. The summed E-state index contributed by atoms with van der Waals surface area (Å²) < 4.78 is 5.73. The molecule has 0 bridgehead atoms. The Hall–Kier alpha value is -0.900. The first kappa shape index (κ1) is 9.19. The second-order valence-electron chi connectivity index (χ2n) is 2.34. The second-order valence-corrected chi connectivity index (χ2v) is 3.19. The fraction of sp³-hybridized carbons (Fsp3) is 0.250. The third-order valence-electron chi connectivity index (χ3n) is 1.36. The number of pyridine rings is 1. The monoisotopic (exact) mass is 229 g/mol. The number of carbonyl (C=O) groups is 1. The van der Waals surface area contributed by atoms with E-state index in [1.165, 1.54) is 13.1 Å². The molecular formula is C8H8BrNO2. The van der Waals surface area contributed by atoms with Gasteiger partial charge in [0.1, 0.15) is 0 Å². The lowest BCUT2D eigenvalue weighted by molar-refractivity contribution is -0.131. The van der Waals surface area contributed by atoms with Crippen LogP contribution >= 0.6 is 15.9 Å². The van der Waals surface area contributed by atoms with Gasteiger partial charge in [0, 0.05) is 23.2 Å². The van der Waals surface area contributed by atoms with Gasteiger partial charge < -0.3 is 4.74 Å². The number of hydrogen-bond acceptors (Lipinski definition) is 3. The lowest BCUT2D eigenvalue weighted by Crippen LogP contribution is -2.03. The fourth-order valence-corrected chi connectivity index (χ4v) is 1.05. The molecule has 0 unspecified atom stereocenters. The summed E-state index contributed by atoms with van der Waals surface area (Å²) in [6, 6.07) is 0. The summed E-state index contributed by atoms with van der Waals surface area (Å²) in [5.74, 6) is 0.162. The van der Waals surface area contributed by atoms with Gasteiger partial charge >= 0.3 is 5.97 Å². The lowest BCUT2D eigenvalue weighted by Gasteiger charge is -2.04. The van der Waals surface area contributed by atoms with Gasteiger partial charge in [-0.15, -0.1) is 0 Å². The summed E-state index contributed by atoms with van der Waals surface area (Å²) >= 11 is 3.28. The molecule has 0 aromatic carbocycles. The van der Waals surface area contributed by atoms with Crippen molar-refractivity contribution in [2.45, 2.75) is 13.8 Å². The van der Waals surface area contributed by atoms with Crippen LogP contribution in [-0.2, 0) is 4.79 Å². The topological polar surface area (TPSA) is 39.2 Å². The van der Waals surface area contributed by atoms with E-state index in [2.05, 4.69) is 20.9 Å². The zero-order valence-electron chi connectivity index (χ0n) is 6.80. The molecule has 0 aliphatic rings. The van der Waals surface area contributed by atoms with E-state index in [9.17, 15) is 4.79 Å². The molecule has 0 saturated heterocycles. The van der Waals surface area contributed by atoms with Crippen LogP contribution in [0.1, 0.15) is 12.5 Å². The third kappa shape index (κ3) is 2.04. The van der Waals surface area contributed by atoms with E-state index in [-0.39, 0.29) is 5.97 Å². The normalized spacial score (nSPS) is 9.58. The third-order valence-corrected chi connectivity index (χ3v) is 2.16. The number of nitrogens with zero attached hydrogens (tertiary/aromatic N) is 1. The number of rotatable bonds is 1. The van der Waals surface area contributed by atoms with Gasteiger partial charge in [0.25, 0.3) is 0 Å². The van der Waals surface area contributed by atoms with Gasteiger partial charge in [-0.25, -0.2) is 0 Å². The summed E-state index contributed by atoms with van der Waals surface area (Å²) in [5, 5.41) is 0. The van der Waals surface area contributed by atoms with Gasteiger partial charge in [0.05, 0.1) is 6.20 Å². The maximum Gasteiger partial charge on any atom is 0.308 e. The SMILES string of the molecule is CC(=O)Oc1cncc(Br)c1C. The van der Waals surface area contributed by atoms with Crippen LogP contribution in [-0.4, -0.2) is 11.0 Å². The molecule has 1 rings (SSSR count). The van der Waals surface area contributed by atoms with E-state index in [0.717, 1.165) is 10.0 Å². The van der Waals surface area contributed by atoms with Crippen LogP contribution in [0.15, 0.2) is 16.9 Å². The molecule has 3 nitrogen and oxygen atoms in total. The van der Waals surface area contributed by atoms with Gasteiger partial charge in [-0.2, -0.15) is 0 Å². The van der Waals surface area contributed by atoms with Crippen molar-refractivity contribution in [3.63, 3.8) is 0 Å². The Kier molecular flexibility index (Phi) is 2.81. The van der Waals surface area contributed by atoms with Crippen molar-refractivity contribution in [3.8, 4) is 5.75 Å². The first-order chi connectivity index (χ1) is 5.61. The van der Waals surface area contributed by atoms with Crippen LogP contribution in [0.5, 0.6) is 5.75 Å². The van der Waals surface area contributed by atoms with Gasteiger partial charge in [-0.05, 0) is 22.9 Å². The van der Waals surface area contributed by atoms with Crippen LogP contribution in [0, 0.1) is 6.92 Å². The van der Waals surface area contributed by atoms with E-state index >= 15 is 0 Å². The standard InChI is InChI=1S/C8H8BrNO2/c1-5-7(9)3-10-4-8(5)12-6(2)11/h3-4H,1-2H3. The highest BCUT2D eigenvalue weighted by molar-refractivity contribution is 9.10. The Bertz CT molecular complexity index is 312. The minimum absolute atomic E-state index is 0.335. The number of carbonyl (C=O) groups excluding carboxylic acids is 1. The van der Waals surface area contributed by atoms with Crippen LogP contribution in [0.25, 0.3) is 0 Å². The van der Waals surface area contributed by atoms with E-state index in [1.54, 1.807) is 6.20 Å². The summed E-state index contributed by atoms with van der Waals surface area (Å²) in [6.07, 6.45) is 3.17. The Labute approximate surface area is 78.9 Å². The first-order valence-electron chi connectivity index (χ1n) is 3.40. The Morgan fingerprint density at radius 3 is 2.83 bits per heavy atom. The number of hydrogen-bond donors (Lipinski definition) is 0. The largest absolute Gasteiger partial charge is 0.425 e. The van der Waals surface area contributed by atoms with Crippen molar-refractivity contribution in [1.82, 2.24) is 4.98 Å². The highest BCUT2D eigenvalue weighted by Gasteiger charge is 2.04. The van der Waals surface area contributed by atoms with E-state index in [1.807, 2.05) is 6.92 Å². The first-order valence-corrected chi connectivity index (χ1v) is 4.19. The van der Waals surface area contributed by atoms with Gasteiger partial charge in [-0.1, -0.05) is 0 Å². The number of halogens is 1. The number of esters is 1. The Morgan fingerprint density at radius 2 is 2.25 bits per heavy atom. The summed E-state index contributed by atoms with van der Waals surface area (Å²) in [5.41, 5.74) is 0.875. The molecule has 0 amide bonds. The molecule has 1 heterocycles. The molecule has 0 atom stereocenters. The van der Waals surface area contributed by atoms with Crippen molar-refractivity contribution in [2.24, 2.45) is 0 Å². The van der Waals surface area contributed by atoms with Crippen molar-refractivity contribution < 1.29 is 9.53 Å². The van der Waals surface area contributed by atoms with Crippen LogP contribution in [0.3, 0.4) is 0 Å². The molecule has 0 fully saturated rings. The molecule has 64 valence electrons. The maximum absolute atomic E-state index is 10.6. The molecule has 0 spiro atoms. The zero-order valence-corrected chi connectivity index (χ0v) is 8.38. The lowest BCUT2D eigenvalue weighted by atomic mass is 10.3. The molecular weight excluding hydrogens is 222 g/mol. The highest BCUT2D eigenvalue weighted by atomic mass is 79.9. The predicted molar refractivity (Wildman–Crippen MR) is 48.0 cm³/mol. The van der Waals surface area contributed by atoms with Crippen molar-refractivity contribution >= 4 is 21.9 Å². The molecule has 12 heavy (non-hydrogen) atoms. The molecule has 4 heteroatoms. The summed E-state index contributed by atoms with van der Waals surface area (Å²) in [6.45, 7) is 3.21. The molecule has 0 aliphatic carbocycles. The summed E-state index contributed by atoms with van der Waals surface area (Å²) in [4.78, 5) is 14.5. The van der Waals surface area contributed by atoms with Crippen molar-refractivity contribution in [3.05, 3.63) is 22.4 Å². The Balaban J connectivity index is 3.00. The molecule has 0 saturated carbocycles. The maximum atomic E-state index is 10.6. The Morgan fingerprint density at radius 1 is 1.58 bits per heavy atom. The minimum Gasteiger partial charge on any atom is -0.425 e. The average Bonchev–Trinajstić information content (AvgIpc) is 1.98. The van der Waals surface area contributed by atoms with Crippen LogP contribution in [0.4, 0.5) is 0 Å². The molecule has 1 aromatic heterocycles. The average molecular weight is 230 g/mol. The minimum atomic E-state index is -0.335. The van der Waals surface area contributed by atoms with Gasteiger partial charge in [0.15, 0.2) is 5.75 Å². The number of ether oxygens (including phenoxy) is 1. The van der Waals surface area contributed by atoms with E-state index < -0.39 is 0 Å². The van der Waals surface area contributed by atoms with Crippen molar-refractivity contribution in [1.29, 1.82) is 0 Å². The zero-order chi connectivity index (χ0) is 9.14. The fourth-order valence-electron chi connectivity index (χ4n) is 0.739. The summed E-state index contributed by atoms with van der Waals surface area (Å²) in [7, 11) is 0. The number of aromatic nitrogens is 1. The van der Waals surface area contributed by atoms with Gasteiger partial charge in [-0.3, -0.25) is 9.78 Å². The molecule has 0 aliphatic heterocycles. The van der Waals surface area contributed by atoms with Crippen LogP contribution < -0.4 is 4.74 Å².